The van der Waals surface area contributed by atoms with Crippen molar-refractivity contribution in [2.24, 2.45) is 0 Å². The molecule has 0 unspecified atom stereocenters. The van der Waals surface area contributed by atoms with Gasteiger partial charge < -0.3 is 0 Å². The van der Waals surface area contributed by atoms with E-state index >= 15 is 0 Å². The van der Waals surface area contributed by atoms with Crippen LogP contribution >= 0.6 is 104 Å². The normalized spacial score (nSPS) is 10.3. The van der Waals surface area contributed by atoms with Gasteiger partial charge in [0.25, 0.3) is 0 Å². The fraction of sp³-hybridized carbons (Fsp3) is 0.373. The first-order valence-electron chi connectivity index (χ1n) is 20.1. The van der Waals surface area contributed by atoms with E-state index in [2.05, 4.69) is 0 Å². The molecule has 0 aromatic heterocycles. The fourth-order valence-electron chi connectivity index (χ4n) is 4.28. The number of halogens is 9. The second-order valence-corrected chi connectivity index (χ2v) is 17.3. The third kappa shape index (κ3) is 24.4. The molecule has 10 heteroatoms. The Kier molecular flexibility index (Phi) is 41.4. The monoisotopic (exact) mass is 1010 g/mol. The van der Waals surface area contributed by atoms with Crippen molar-refractivity contribution in [2.75, 3.05) is 0 Å². The average molecular weight is 1010 g/mol. The van der Waals surface area contributed by atoms with Crippen molar-refractivity contribution in [1.29, 1.82) is 0 Å². The van der Waals surface area contributed by atoms with Crippen LogP contribution in [-0.4, -0.2) is 8.41 Å². The smallest absolute Gasteiger partial charge is 0.0925 e. The minimum atomic E-state index is -1.45. The Hall–Kier alpha value is -1.49. The molecule has 0 atom stereocenters. The molecular formula is C51H69BCl9. The number of aryl methyl sites for hydroxylation is 5. The quantitative estimate of drug-likeness (QED) is 0.0935. The van der Waals surface area contributed by atoms with E-state index in [1.165, 1.54) is 11.1 Å². The van der Waals surface area contributed by atoms with Crippen molar-refractivity contribution < 1.29 is 0 Å². The van der Waals surface area contributed by atoms with Crippen molar-refractivity contribution in [3.63, 3.8) is 0 Å². The van der Waals surface area contributed by atoms with E-state index in [4.69, 9.17) is 104 Å². The summed E-state index contributed by atoms with van der Waals surface area (Å²) >= 11 is 55.5. The molecule has 61 heavy (non-hydrogen) atoms. The lowest BCUT2D eigenvalue weighted by atomic mass is 10.0. The number of benzene rings is 5. The van der Waals surface area contributed by atoms with Gasteiger partial charge in [0.1, 0.15) is 0 Å². The molecule has 0 aliphatic heterocycles. The van der Waals surface area contributed by atoms with Crippen molar-refractivity contribution >= 4 is 123 Å². The SMILES string of the molecule is C.CC.CC.CC.CC.CC.Cc1ccc(/C(Cl)=C(\Cl)c2ccc(C)cc2)cc1.Cc1ccc(C(Cl)(Cl)C(Cl)(Cl)c2ccc(C)cc2)cc1.Cc1ccc(C(Cl)(Cl)Cl)cc1.[B]. The molecule has 5 aromatic carbocycles. The highest BCUT2D eigenvalue weighted by Gasteiger charge is 2.49. The minimum absolute atomic E-state index is 0. The Morgan fingerprint density at radius 1 is 0.311 bits per heavy atom. The molecule has 0 N–H and O–H groups in total. The maximum atomic E-state index is 6.48. The summed E-state index contributed by atoms with van der Waals surface area (Å²) < 4.78 is -4.19. The van der Waals surface area contributed by atoms with E-state index in [-0.39, 0.29) is 15.8 Å². The van der Waals surface area contributed by atoms with E-state index in [0.29, 0.717) is 26.8 Å². The molecule has 5 rings (SSSR count). The topological polar surface area (TPSA) is 0 Å². The molecule has 0 saturated carbocycles. The Morgan fingerprint density at radius 2 is 0.475 bits per heavy atom. The highest BCUT2D eigenvalue weighted by molar-refractivity contribution is 6.67. The minimum Gasteiger partial charge on any atom is -0.0925 e. The van der Waals surface area contributed by atoms with Gasteiger partial charge in [0.15, 0.2) is 8.67 Å². The zero-order valence-corrected chi connectivity index (χ0v) is 44.8. The number of alkyl halides is 7. The predicted octanol–water partition coefficient (Wildman–Crippen LogP) is 21.1. The first kappa shape index (κ1) is 68.6. The van der Waals surface area contributed by atoms with Crippen LogP contribution in [0.1, 0.15) is 132 Å². The Bertz CT molecular complexity index is 1700. The molecule has 0 bridgehead atoms. The van der Waals surface area contributed by atoms with Gasteiger partial charge in [-0.05, 0) is 56.9 Å². The molecule has 0 heterocycles. The molecular weight excluding hydrogens is 942 g/mol. The summed E-state index contributed by atoms with van der Waals surface area (Å²) in [7, 11) is 0. The van der Waals surface area contributed by atoms with Crippen LogP contribution in [0.4, 0.5) is 0 Å². The van der Waals surface area contributed by atoms with Crippen molar-refractivity contribution in [1.82, 2.24) is 0 Å². The van der Waals surface area contributed by atoms with Crippen LogP contribution in [-0.2, 0) is 12.5 Å². The highest BCUT2D eigenvalue weighted by atomic mass is 35.6. The third-order valence-corrected chi connectivity index (χ3v) is 11.4. The van der Waals surface area contributed by atoms with Crippen molar-refractivity contribution in [3.05, 3.63) is 177 Å². The van der Waals surface area contributed by atoms with E-state index in [0.717, 1.165) is 27.8 Å². The van der Waals surface area contributed by atoms with Gasteiger partial charge >= 0.3 is 0 Å². The zero-order valence-electron chi connectivity index (χ0n) is 38.0. The van der Waals surface area contributed by atoms with E-state index in [9.17, 15) is 0 Å². The summed E-state index contributed by atoms with van der Waals surface area (Å²) in [5, 5.41) is 1.17. The summed E-state index contributed by atoms with van der Waals surface area (Å²) in [5.74, 6) is 0. The van der Waals surface area contributed by atoms with Crippen LogP contribution in [0.3, 0.4) is 0 Å². The average Bonchev–Trinajstić information content (AvgIpc) is 3.25. The van der Waals surface area contributed by atoms with E-state index < -0.39 is 12.5 Å². The van der Waals surface area contributed by atoms with Crippen molar-refractivity contribution in [2.45, 2.75) is 124 Å². The van der Waals surface area contributed by atoms with Crippen LogP contribution in [0.2, 0.25) is 0 Å². The maximum absolute atomic E-state index is 6.48. The molecule has 0 aliphatic carbocycles. The van der Waals surface area contributed by atoms with E-state index in [1.54, 1.807) is 0 Å². The van der Waals surface area contributed by atoms with Gasteiger partial charge in [-0.3, -0.25) is 0 Å². The molecule has 339 valence electrons. The van der Waals surface area contributed by atoms with Crippen LogP contribution in [0.25, 0.3) is 10.1 Å². The van der Waals surface area contributed by atoms with Gasteiger partial charge in [0.2, 0.25) is 3.79 Å². The van der Waals surface area contributed by atoms with E-state index in [1.807, 2.05) is 225 Å². The van der Waals surface area contributed by atoms with Crippen LogP contribution in [0.5, 0.6) is 0 Å². The molecule has 0 aliphatic rings. The molecule has 3 radical (unpaired) electrons. The predicted molar refractivity (Wildman–Crippen MR) is 290 cm³/mol. The van der Waals surface area contributed by atoms with Crippen LogP contribution < -0.4 is 0 Å². The molecule has 0 nitrogen and oxygen atoms in total. The second kappa shape index (κ2) is 36.8. The summed E-state index contributed by atoms with van der Waals surface area (Å²) in [6, 6.07) is 38.5. The van der Waals surface area contributed by atoms with Gasteiger partial charge in [0, 0.05) is 14.0 Å². The lowest BCUT2D eigenvalue weighted by Gasteiger charge is -2.33. The highest BCUT2D eigenvalue weighted by Crippen LogP contribution is 2.56. The third-order valence-electron chi connectivity index (χ3n) is 7.40. The first-order chi connectivity index (χ1) is 27.8. The second-order valence-electron chi connectivity index (χ2n) is 11.6. The summed E-state index contributed by atoms with van der Waals surface area (Å²) in [6.45, 7) is 30.1. The molecule has 5 aromatic rings. The molecule has 0 fully saturated rings. The molecule has 0 spiro atoms. The van der Waals surface area contributed by atoms with Crippen LogP contribution in [0.15, 0.2) is 121 Å². The van der Waals surface area contributed by atoms with Crippen LogP contribution in [0, 0.1) is 34.6 Å². The fourth-order valence-corrected chi connectivity index (χ4v) is 6.07. The molecule has 0 saturated heterocycles. The summed E-state index contributed by atoms with van der Waals surface area (Å²) in [4.78, 5) is 0. The first-order valence-corrected chi connectivity index (χ1v) is 23.5. The Balaban J connectivity index is -0.000000235. The number of rotatable bonds is 5. The molecule has 0 amide bonds. The number of hydrogen-bond donors (Lipinski definition) is 0. The van der Waals surface area contributed by atoms with Gasteiger partial charge in [-0.1, -0.05) is 330 Å². The Morgan fingerprint density at radius 3 is 0.656 bits per heavy atom. The standard InChI is InChI=1S/C16H14Cl4.C16H14Cl2.C8H7Cl3.5C2H6.CH4.B/c1-11-3-7-13(8-4-11)15(17,18)16(19,20)14-9-5-12(2)6-10-14;1-11-3-7-13(8-4-11)15(17)16(18)14-9-5-12(2)6-10-14;1-6-2-4-7(5-3-6)8(9,10)11;5*1-2;;/h3-10H,1-2H3;3-10H,1-2H3;2-5H,1H3;5*1-2H3;1H4;/b;16-15+;;;;;;;;. The summed E-state index contributed by atoms with van der Waals surface area (Å²) in [6.07, 6.45) is 0. The lowest BCUT2D eigenvalue weighted by Crippen LogP contribution is -2.31. The van der Waals surface area contributed by atoms with Gasteiger partial charge in [-0.25, -0.2) is 0 Å². The maximum Gasteiger partial charge on any atom is 0.216 e. The Labute approximate surface area is 420 Å². The lowest BCUT2D eigenvalue weighted by molar-refractivity contribution is 0.732. The zero-order chi connectivity index (χ0) is 46.6. The largest absolute Gasteiger partial charge is 0.216 e. The van der Waals surface area contributed by atoms with Gasteiger partial charge in [0.05, 0.1) is 10.1 Å². The van der Waals surface area contributed by atoms with Crippen molar-refractivity contribution in [3.8, 4) is 0 Å². The van der Waals surface area contributed by atoms with Gasteiger partial charge in [-0.15, -0.1) is 0 Å². The summed E-state index contributed by atoms with van der Waals surface area (Å²) in [5.41, 5.74) is 9.70. The number of hydrogen-bond acceptors (Lipinski definition) is 0. The van der Waals surface area contributed by atoms with Gasteiger partial charge in [-0.2, -0.15) is 0 Å².